The van der Waals surface area contributed by atoms with Gasteiger partial charge in [0.15, 0.2) is 0 Å². The molecule has 8 heteroatoms. The van der Waals surface area contributed by atoms with Crippen molar-refractivity contribution in [1.82, 2.24) is 0 Å². The molecule has 302 valence electrons. The van der Waals surface area contributed by atoms with Crippen molar-refractivity contribution in [1.29, 1.82) is 0 Å². The lowest BCUT2D eigenvalue weighted by atomic mass is 10.0. The predicted molar refractivity (Wildman–Crippen MR) is 227 cm³/mol. The highest BCUT2D eigenvalue weighted by Gasteiger charge is 2.11. The van der Waals surface area contributed by atoms with Crippen LogP contribution in [0.2, 0.25) is 0 Å². The monoisotopic (exact) mass is 767 g/mol. The summed E-state index contributed by atoms with van der Waals surface area (Å²) >= 11 is 3.94. The lowest BCUT2D eigenvalue weighted by molar-refractivity contribution is 0.0882. The Balaban J connectivity index is 3.53. The third kappa shape index (κ3) is 40.0. The lowest BCUT2D eigenvalue weighted by Gasteiger charge is -2.16. The van der Waals surface area contributed by atoms with Crippen molar-refractivity contribution in [2.75, 3.05) is 50.4 Å². The second-order valence-corrected chi connectivity index (χ2v) is 18.0. The Labute approximate surface area is 322 Å². The fraction of sp³-hybridized carbons (Fsp3) is 1.00. The van der Waals surface area contributed by atoms with E-state index in [1.54, 1.807) is 14.2 Å². The molecule has 0 aliphatic heterocycles. The summed E-state index contributed by atoms with van der Waals surface area (Å²) in [6.45, 7) is 5.41. The van der Waals surface area contributed by atoms with Crippen LogP contribution in [0.5, 0.6) is 0 Å². The van der Waals surface area contributed by atoms with Gasteiger partial charge in [-0.25, -0.2) is 0 Å². The standard InChI is InChI=1S/C42H87O5PS2/c1-5-7-9-11-13-15-17-19-21-23-25-27-29-31-37-49-39-41(44-3)33-35-46-48(43)47-36-34-42(45-4)40-50-38-32-30-28-26-24-22-20-18-16-14-12-10-8-6-2/h41-42,48H,5-40H2,1-4H3. The first kappa shape index (κ1) is 50.8. The number of hydrogen-bond acceptors (Lipinski definition) is 7. The Morgan fingerprint density at radius 3 is 0.940 bits per heavy atom. The second kappa shape index (κ2) is 44.2. The molecule has 0 aromatic carbocycles. The average molecular weight is 767 g/mol. The maximum Gasteiger partial charge on any atom is 0.319 e. The molecule has 0 radical (unpaired) electrons. The summed E-state index contributed by atoms with van der Waals surface area (Å²) in [5.74, 6) is 4.31. The lowest BCUT2D eigenvalue weighted by Crippen LogP contribution is -2.17. The molecular weight excluding hydrogens is 680 g/mol. The van der Waals surface area contributed by atoms with Crippen LogP contribution in [0.3, 0.4) is 0 Å². The molecule has 0 saturated carbocycles. The molecule has 0 heterocycles. The maximum absolute atomic E-state index is 12.3. The van der Waals surface area contributed by atoms with E-state index in [4.69, 9.17) is 18.5 Å². The molecule has 0 spiro atoms. The van der Waals surface area contributed by atoms with Gasteiger partial charge in [0.1, 0.15) is 0 Å². The molecule has 0 aromatic heterocycles. The van der Waals surface area contributed by atoms with Gasteiger partial charge in [0.05, 0.1) is 25.4 Å². The normalized spacial score (nSPS) is 13.6. The van der Waals surface area contributed by atoms with E-state index in [0.29, 0.717) is 13.2 Å². The first-order valence-electron chi connectivity index (χ1n) is 21.7. The first-order chi connectivity index (χ1) is 24.7. The molecule has 0 aromatic rings. The third-order valence-corrected chi connectivity index (χ3v) is 13.1. The zero-order valence-electron chi connectivity index (χ0n) is 34.0. The van der Waals surface area contributed by atoms with Gasteiger partial charge in [0.2, 0.25) is 0 Å². The largest absolute Gasteiger partial charge is 0.381 e. The highest BCUT2D eigenvalue weighted by Crippen LogP contribution is 2.26. The number of ether oxygens (including phenoxy) is 2. The topological polar surface area (TPSA) is 54.0 Å². The molecule has 0 amide bonds. The van der Waals surface area contributed by atoms with E-state index in [0.717, 1.165) is 24.3 Å². The summed E-state index contributed by atoms with van der Waals surface area (Å²) in [7, 11) is 1.05. The van der Waals surface area contributed by atoms with Gasteiger partial charge in [-0.2, -0.15) is 23.5 Å². The minimum Gasteiger partial charge on any atom is -0.381 e. The minimum atomic E-state index is -2.47. The molecule has 50 heavy (non-hydrogen) atoms. The van der Waals surface area contributed by atoms with Crippen LogP contribution < -0.4 is 0 Å². The Bertz CT molecular complexity index is 608. The number of rotatable bonds is 44. The van der Waals surface area contributed by atoms with Crippen LogP contribution >= 0.6 is 31.8 Å². The number of thioether (sulfide) groups is 2. The predicted octanol–water partition coefficient (Wildman–Crippen LogP) is 14.6. The van der Waals surface area contributed by atoms with Gasteiger partial charge in [-0.1, -0.05) is 181 Å². The fourth-order valence-corrected chi connectivity index (χ4v) is 9.29. The zero-order chi connectivity index (χ0) is 36.4. The van der Waals surface area contributed by atoms with Gasteiger partial charge >= 0.3 is 8.25 Å². The van der Waals surface area contributed by atoms with Crippen LogP contribution in [0.1, 0.15) is 206 Å². The van der Waals surface area contributed by atoms with Gasteiger partial charge in [-0.3, -0.25) is 4.57 Å². The summed E-state index contributed by atoms with van der Waals surface area (Å²) < 4.78 is 34.6. The second-order valence-electron chi connectivity index (χ2n) is 14.6. The van der Waals surface area contributed by atoms with E-state index in [2.05, 4.69) is 13.8 Å². The molecule has 0 aliphatic carbocycles. The quantitative estimate of drug-likeness (QED) is 0.0452. The van der Waals surface area contributed by atoms with Crippen LogP contribution in [-0.2, 0) is 23.1 Å². The molecule has 0 rings (SSSR count). The van der Waals surface area contributed by atoms with Crippen molar-refractivity contribution < 1.29 is 23.1 Å². The zero-order valence-corrected chi connectivity index (χ0v) is 36.6. The maximum atomic E-state index is 12.3. The van der Waals surface area contributed by atoms with Crippen LogP contribution in [0, 0.1) is 0 Å². The van der Waals surface area contributed by atoms with Crippen LogP contribution in [0.25, 0.3) is 0 Å². The van der Waals surface area contributed by atoms with Gasteiger partial charge in [0.25, 0.3) is 0 Å². The average Bonchev–Trinajstić information content (AvgIpc) is 3.12. The summed E-state index contributed by atoms with van der Waals surface area (Å²) in [6, 6.07) is 0. The SMILES string of the molecule is CCCCCCCCCCCCCCCCSCC(CCO[PH](=O)OCCC(CSCCCCCCCCCCCCCCCC)OC)OC. The van der Waals surface area contributed by atoms with Gasteiger partial charge in [-0.05, 0) is 37.2 Å². The van der Waals surface area contributed by atoms with Crippen LogP contribution in [0.15, 0.2) is 0 Å². The highest BCUT2D eigenvalue weighted by molar-refractivity contribution is 7.99. The van der Waals surface area contributed by atoms with Crippen molar-refractivity contribution in [2.24, 2.45) is 0 Å². The molecule has 2 atom stereocenters. The van der Waals surface area contributed by atoms with Crippen molar-refractivity contribution in [2.45, 2.75) is 219 Å². The fourth-order valence-electron chi connectivity index (χ4n) is 6.35. The molecule has 0 bridgehead atoms. The molecular formula is C42H87O5PS2. The van der Waals surface area contributed by atoms with E-state index in [1.807, 2.05) is 23.5 Å². The van der Waals surface area contributed by atoms with Crippen LogP contribution in [-0.4, -0.2) is 62.7 Å². The molecule has 2 unspecified atom stereocenters. The minimum absolute atomic E-state index is 0.135. The summed E-state index contributed by atoms with van der Waals surface area (Å²) in [5, 5.41) is 0. The van der Waals surface area contributed by atoms with Gasteiger partial charge < -0.3 is 18.5 Å². The first-order valence-corrected chi connectivity index (χ1v) is 25.2. The highest BCUT2D eigenvalue weighted by atomic mass is 32.2. The van der Waals surface area contributed by atoms with Crippen molar-refractivity contribution in [3.8, 4) is 0 Å². The van der Waals surface area contributed by atoms with Crippen molar-refractivity contribution in [3.63, 3.8) is 0 Å². The molecule has 5 nitrogen and oxygen atoms in total. The Kier molecular flexibility index (Phi) is 44.8. The van der Waals surface area contributed by atoms with Gasteiger partial charge in [-0.15, -0.1) is 0 Å². The number of unbranched alkanes of at least 4 members (excludes halogenated alkanes) is 26. The van der Waals surface area contributed by atoms with Crippen LogP contribution in [0.4, 0.5) is 0 Å². The van der Waals surface area contributed by atoms with E-state index >= 15 is 0 Å². The molecule has 0 aliphatic rings. The Morgan fingerprint density at radius 2 is 0.680 bits per heavy atom. The number of methoxy groups -OCH3 is 2. The molecule has 0 N–H and O–H groups in total. The van der Waals surface area contributed by atoms with Crippen molar-refractivity contribution in [3.05, 3.63) is 0 Å². The smallest absolute Gasteiger partial charge is 0.319 e. The Morgan fingerprint density at radius 1 is 0.420 bits per heavy atom. The van der Waals surface area contributed by atoms with E-state index in [1.165, 1.54) is 191 Å². The summed E-state index contributed by atoms with van der Waals surface area (Å²) in [4.78, 5) is 0. The van der Waals surface area contributed by atoms with E-state index in [9.17, 15) is 4.57 Å². The summed E-state index contributed by atoms with van der Waals surface area (Å²) in [5.41, 5.74) is 0. The summed E-state index contributed by atoms with van der Waals surface area (Å²) in [6.07, 6.45) is 41.0. The Hall–Kier alpha value is 0.770. The third-order valence-electron chi connectivity index (χ3n) is 9.88. The van der Waals surface area contributed by atoms with E-state index in [-0.39, 0.29) is 12.2 Å². The molecule has 0 fully saturated rings. The van der Waals surface area contributed by atoms with Crippen molar-refractivity contribution >= 4 is 31.8 Å². The molecule has 0 saturated heterocycles. The van der Waals surface area contributed by atoms with E-state index < -0.39 is 8.25 Å². The number of hydrogen-bond donors (Lipinski definition) is 0. The van der Waals surface area contributed by atoms with Gasteiger partial charge in [0, 0.05) is 25.7 Å².